The lowest BCUT2D eigenvalue weighted by atomic mass is 10.1. The number of hydrogen-bond acceptors (Lipinski definition) is 5. The zero-order chi connectivity index (χ0) is 20.0. The summed E-state index contributed by atoms with van der Waals surface area (Å²) >= 11 is 1.56. The molecular formula is C21H14N4O3S. The Morgan fingerprint density at radius 3 is 2.34 bits per heavy atom. The summed E-state index contributed by atoms with van der Waals surface area (Å²) in [5.74, 6) is -1.33. The summed E-state index contributed by atoms with van der Waals surface area (Å²) in [6, 6.07) is 13.8. The van der Waals surface area contributed by atoms with Crippen molar-refractivity contribution in [3.63, 3.8) is 0 Å². The maximum atomic E-state index is 12.4. The largest absolute Gasteiger partial charge is 0.325 e. The van der Waals surface area contributed by atoms with Crippen molar-refractivity contribution in [2.24, 2.45) is 0 Å². The van der Waals surface area contributed by atoms with E-state index in [1.807, 2.05) is 34.3 Å². The second kappa shape index (κ2) is 6.68. The molecule has 1 N–H and O–H groups in total. The predicted molar refractivity (Wildman–Crippen MR) is 109 cm³/mol. The van der Waals surface area contributed by atoms with Crippen LogP contribution in [0.5, 0.6) is 0 Å². The minimum atomic E-state index is -0.448. The number of amides is 3. The number of nitrogens with one attached hydrogen (secondary N) is 1. The number of anilines is 1. The third-order valence-electron chi connectivity index (χ3n) is 4.74. The second-order valence-corrected chi connectivity index (χ2v) is 7.46. The Bertz CT molecular complexity index is 1210. The van der Waals surface area contributed by atoms with Crippen molar-refractivity contribution in [2.75, 3.05) is 11.9 Å². The lowest BCUT2D eigenvalue weighted by molar-refractivity contribution is -0.116. The number of nitrogens with zero attached hydrogens (tertiary/aromatic N) is 3. The number of thiazole rings is 1. The third kappa shape index (κ3) is 2.99. The third-order valence-corrected chi connectivity index (χ3v) is 5.51. The lowest BCUT2D eigenvalue weighted by Gasteiger charge is -2.13. The van der Waals surface area contributed by atoms with Crippen LogP contribution in [0.4, 0.5) is 5.69 Å². The zero-order valence-corrected chi connectivity index (χ0v) is 15.8. The maximum Gasteiger partial charge on any atom is 0.262 e. The quantitative estimate of drug-likeness (QED) is 0.531. The Labute approximate surface area is 169 Å². The summed E-state index contributed by atoms with van der Waals surface area (Å²) in [4.78, 5) is 43.5. The molecule has 0 unspecified atom stereocenters. The van der Waals surface area contributed by atoms with Gasteiger partial charge in [0, 0.05) is 29.0 Å². The molecule has 4 aromatic rings. The first-order valence-corrected chi connectivity index (χ1v) is 9.76. The first-order chi connectivity index (χ1) is 14.1. The van der Waals surface area contributed by atoms with E-state index in [2.05, 4.69) is 10.3 Å². The Kier molecular flexibility index (Phi) is 3.99. The van der Waals surface area contributed by atoms with Crippen molar-refractivity contribution in [1.82, 2.24) is 14.3 Å². The van der Waals surface area contributed by atoms with Gasteiger partial charge < -0.3 is 5.32 Å². The number of imidazole rings is 1. The van der Waals surface area contributed by atoms with E-state index in [0.29, 0.717) is 16.8 Å². The first kappa shape index (κ1) is 17.3. The van der Waals surface area contributed by atoms with E-state index in [1.165, 1.54) is 0 Å². The monoisotopic (exact) mass is 402 g/mol. The summed E-state index contributed by atoms with van der Waals surface area (Å²) in [5, 5.41) is 4.70. The highest BCUT2D eigenvalue weighted by atomic mass is 32.1. The van der Waals surface area contributed by atoms with Gasteiger partial charge in [-0.15, -0.1) is 11.3 Å². The highest BCUT2D eigenvalue weighted by molar-refractivity contribution is 7.15. The van der Waals surface area contributed by atoms with Crippen molar-refractivity contribution in [1.29, 1.82) is 0 Å². The van der Waals surface area contributed by atoms with Crippen molar-refractivity contribution < 1.29 is 14.4 Å². The van der Waals surface area contributed by atoms with Crippen LogP contribution in [0, 0.1) is 0 Å². The van der Waals surface area contributed by atoms with E-state index in [1.54, 1.807) is 47.7 Å². The number of rotatable bonds is 4. The SMILES string of the molecule is O=C(CN1C(=O)c2ccccc2C1=O)Nc1ccc(-c2cn3ccsc3n2)cc1. The standard InChI is InChI=1S/C21H14N4O3S/c26-18(12-25-19(27)15-3-1-2-4-16(15)20(25)28)22-14-7-5-13(6-8-14)17-11-24-9-10-29-21(24)23-17/h1-11H,12H2,(H,22,26). The van der Waals surface area contributed by atoms with Crippen LogP contribution in [0.2, 0.25) is 0 Å². The smallest absolute Gasteiger partial charge is 0.262 e. The Morgan fingerprint density at radius 2 is 1.69 bits per heavy atom. The van der Waals surface area contributed by atoms with E-state index in [4.69, 9.17) is 0 Å². The lowest BCUT2D eigenvalue weighted by Crippen LogP contribution is -2.37. The molecule has 0 radical (unpaired) electrons. The van der Waals surface area contributed by atoms with E-state index >= 15 is 0 Å². The number of carbonyl (C=O) groups is 3. The number of fused-ring (bicyclic) bond motifs is 2. The van der Waals surface area contributed by atoms with Crippen LogP contribution in [0.15, 0.2) is 66.3 Å². The van der Waals surface area contributed by atoms with Gasteiger partial charge in [-0.1, -0.05) is 24.3 Å². The number of carbonyl (C=O) groups excluding carboxylic acids is 3. The van der Waals surface area contributed by atoms with Crippen LogP contribution < -0.4 is 5.32 Å². The molecule has 5 rings (SSSR count). The molecule has 7 nitrogen and oxygen atoms in total. The summed E-state index contributed by atoms with van der Waals surface area (Å²) < 4.78 is 1.96. The Hall–Kier alpha value is -3.78. The van der Waals surface area contributed by atoms with Crippen molar-refractivity contribution in [2.45, 2.75) is 0 Å². The van der Waals surface area contributed by atoms with E-state index in [0.717, 1.165) is 21.1 Å². The Morgan fingerprint density at radius 1 is 1.00 bits per heavy atom. The fraction of sp³-hybridized carbons (Fsp3) is 0.0476. The van der Waals surface area contributed by atoms with Crippen molar-refractivity contribution in [3.8, 4) is 11.3 Å². The highest BCUT2D eigenvalue weighted by Crippen LogP contribution is 2.24. The molecule has 142 valence electrons. The van der Waals surface area contributed by atoms with Crippen LogP contribution >= 0.6 is 11.3 Å². The van der Waals surface area contributed by atoms with Gasteiger partial charge in [0.05, 0.1) is 16.8 Å². The predicted octanol–water partition coefficient (Wildman–Crippen LogP) is 3.30. The molecular weight excluding hydrogens is 388 g/mol. The minimum absolute atomic E-state index is 0.328. The molecule has 0 atom stereocenters. The average Bonchev–Trinajstić information content (AvgIpc) is 3.39. The number of benzene rings is 2. The van der Waals surface area contributed by atoms with Gasteiger partial charge in [0.25, 0.3) is 11.8 Å². The normalized spacial score (nSPS) is 13.2. The van der Waals surface area contributed by atoms with Gasteiger partial charge >= 0.3 is 0 Å². The molecule has 1 aliphatic rings. The van der Waals surface area contributed by atoms with Crippen molar-refractivity contribution >= 4 is 39.7 Å². The number of imide groups is 1. The van der Waals surface area contributed by atoms with E-state index in [9.17, 15) is 14.4 Å². The van der Waals surface area contributed by atoms with Gasteiger partial charge in [-0.25, -0.2) is 4.98 Å². The molecule has 29 heavy (non-hydrogen) atoms. The molecule has 1 aliphatic heterocycles. The molecule has 0 aliphatic carbocycles. The fourth-order valence-electron chi connectivity index (χ4n) is 3.32. The van der Waals surface area contributed by atoms with Crippen molar-refractivity contribution in [3.05, 3.63) is 77.4 Å². The second-order valence-electron chi connectivity index (χ2n) is 6.59. The molecule has 0 spiro atoms. The van der Waals surface area contributed by atoms with Gasteiger partial charge in [-0.2, -0.15) is 0 Å². The maximum absolute atomic E-state index is 12.4. The molecule has 0 fully saturated rings. The van der Waals surface area contributed by atoms with Crippen LogP contribution in [0.1, 0.15) is 20.7 Å². The number of aromatic nitrogens is 2. The minimum Gasteiger partial charge on any atom is -0.325 e. The molecule has 8 heteroatoms. The van der Waals surface area contributed by atoms with Crippen LogP contribution in [-0.2, 0) is 4.79 Å². The van der Waals surface area contributed by atoms with Gasteiger partial charge in [0.2, 0.25) is 5.91 Å². The van der Waals surface area contributed by atoms with E-state index < -0.39 is 17.7 Å². The summed E-state index contributed by atoms with van der Waals surface area (Å²) in [6.07, 6.45) is 3.89. The average molecular weight is 402 g/mol. The summed E-state index contributed by atoms with van der Waals surface area (Å²) in [6.45, 7) is -0.328. The molecule has 0 saturated heterocycles. The molecule has 0 saturated carbocycles. The summed E-state index contributed by atoms with van der Waals surface area (Å²) in [7, 11) is 0. The van der Waals surface area contributed by atoms with Gasteiger partial charge in [0.1, 0.15) is 6.54 Å². The molecule has 2 aromatic heterocycles. The van der Waals surface area contributed by atoms with Gasteiger partial charge in [-0.3, -0.25) is 23.7 Å². The molecule has 2 aromatic carbocycles. The number of hydrogen-bond donors (Lipinski definition) is 1. The zero-order valence-electron chi connectivity index (χ0n) is 15.0. The van der Waals surface area contributed by atoms with Crippen LogP contribution in [0.3, 0.4) is 0 Å². The first-order valence-electron chi connectivity index (χ1n) is 8.88. The van der Waals surface area contributed by atoms with Gasteiger partial charge in [-0.05, 0) is 24.3 Å². The topological polar surface area (TPSA) is 83.8 Å². The van der Waals surface area contributed by atoms with Crippen LogP contribution in [0.25, 0.3) is 16.2 Å². The van der Waals surface area contributed by atoms with Crippen LogP contribution in [-0.4, -0.2) is 38.6 Å². The highest BCUT2D eigenvalue weighted by Gasteiger charge is 2.36. The summed E-state index contributed by atoms with van der Waals surface area (Å²) in [5.41, 5.74) is 3.01. The Balaban J connectivity index is 1.27. The van der Waals surface area contributed by atoms with E-state index in [-0.39, 0.29) is 6.54 Å². The molecule has 3 amide bonds. The molecule has 0 bridgehead atoms. The van der Waals surface area contributed by atoms with Gasteiger partial charge in [0.15, 0.2) is 4.96 Å². The fourth-order valence-corrected chi connectivity index (χ4v) is 4.02. The molecule has 3 heterocycles.